The van der Waals surface area contributed by atoms with Gasteiger partial charge in [-0.15, -0.1) is 0 Å². The van der Waals surface area contributed by atoms with E-state index in [0.717, 1.165) is 42.4 Å². The molecule has 0 saturated carbocycles. The summed E-state index contributed by atoms with van der Waals surface area (Å²) in [5.41, 5.74) is 7.84. The molecule has 0 bridgehead atoms. The number of hydrogen-bond donors (Lipinski definition) is 2. The van der Waals surface area contributed by atoms with Crippen molar-refractivity contribution in [3.8, 4) is 5.75 Å². The molecule has 6 heteroatoms. The quantitative estimate of drug-likeness (QED) is 0.238. The van der Waals surface area contributed by atoms with Crippen LogP contribution >= 0.6 is 0 Å². The van der Waals surface area contributed by atoms with Crippen LogP contribution in [0, 0.1) is 0 Å². The lowest BCUT2D eigenvalue weighted by Crippen LogP contribution is -2.24. The molecule has 3 aromatic rings. The van der Waals surface area contributed by atoms with Gasteiger partial charge >= 0.3 is 5.97 Å². The minimum Gasteiger partial charge on any atom is -0.482 e. The summed E-state index contributed by atoms with van der Waals surface area (Å²) in [5.74, 6) is -0.0232. The molecule has 1 aliphatic rings. The topological polar surface area (TPSA) is 80.7 Å². The lowest BCUT2D eigenvalue weighted by molar-refractivity contribution is -0.139. The summed E-state index contributed by atoms with van der Waals surface area (Å²) in [6.07, 6.45) is 11.6. The third-order valence-corrected chi connectivity index (χ3v) is 6.00. The van der Waals surface area contributed by atoms with Crippen LogP contribution < -0.4 is 10.2 Å². The molecule has 2 unspecified atom stereocenters. The number of carbonyl (C=O) groups is 1. The van der Waals surface area contributed by atoms with Crippen molar-refractivity contribution in [1.29, 1.82) is 0 Å². The molecule has 6 nitrogen and oxygen atoms in total. The van der Waals surface area contributed by atoms with Crippen molar-refractivity contribution in [3.63, 3.8) is 0 Å². The molecule has 1 heterocycles. The van der Waals surface area contributed by atoms with Crippen LogP contribution in [-0.4, -0.2) is 29.3 Å². The molecule has 0 spiro atoms. The first-order chi connectivity index (χ1) is 16.7. The summed E-state index contributed by atoms with van der Waals surface area (Å²) in [6, 6.07) is 20.2. The predicted molar refractivity (Wildman–Crippen MR) is 131 cm³/mol. The maximum Gasteiger partial charge on any atom is 0.341 e. The van der Waals surface area contributed by atoms with Gasteiger partial charge in [-0.05, 0) is 60.1 Å². The lowest BCUT2D eigenvalue weighted by Gasteiger charge is -2.25. The number of pyridine rings is 1. The summed E-state index contributed by atoms with van der Waals surface area (Å²) >= 11 is 0. The third kappa shape index (κ3) is 6.53. The van der Waals surface area contributed by atoms with Gasteiger partial charge in [-0.2, -0.15) is 5.48 Å². The molecular formula is C28H30N2O4. The Morgan fingerprint density at radius 1 is 1.15 bits per heavy atom. The van der Waals surface area contributed by atoms with E-state index in [1.165, 1.54) is 5.56 Å². The van der Waals surface area contributed by atoms with Gasteiger partial charge in [0.1, 0.15) is 5.75 Å². The van der Waals surface area contributed by atoms with Crippen LogP contribution in [0.1, 0.15) is 47.1 Å². The highest BCUT2D eigenvalue weighted by molar-refractivity contribution is 5.68. The van der Waals surface area contributed by atoms with E-state index in [-0.39, 0.29) is 18.6 Å². The van der Waals surface area contributed by atoms with E-state index in [1.54, 1.807) is 6.20 Å². The van der Waals surface area contributed by atoms with Crippen LogP contribution in [0.15, 0.2) is 85.2 Å². The van der Waals surface area contributed by atoms with Crippen LogP contribution in [0.5, 0.6) is 5.75 Å². The Morgan fingerprint density at radius 2 is 2.03 bits per heavy atom. The zero-order chi connectivity index (χ0) is 23.6. The van der Waals surface area contributed by atoms with Crippen LogP contribution in [0.4, 0.5) is 0 Å². The Kier molecular flexibility index (Phi) is 8.43. The van der Waals surface area contributed by atoms with Crippen molar-refractivity contribution >= 4 is 5.97 Å². The maximum atomic E-state index is 10.9. The smallest absolute Gasteiger partial charge is 0.341 e. The Labute approximate surface area is 200 Å². The number of benzene rings is 2. The molecular weight excluding hydrogens is 428 g/mol. The number of aliphatic carboxylic acids is 1. The summed E-state index contributed by atoms with van der Waals surface area (Å²) in [4.78, 5) is 21.0. The summed E-state index contributed by atoms with van der Waals surface area (Å²) in [5, 5.41) is 8.93. The zero-order valence-corrected chi connectivity index (χ0v) is 19.1. The number of rotatable bonds is 11. The highest BCUT2D eigenvalue weighted by Gasteiger charge is 2.21. The van der Waals surface area contributed by atoms with Gasteiger partial charge in [0.15, 0.2) is 6.61 Å². The molecule has 2 aromatic carbocycles. The highest BCUT2D eigenvalue weighted by Crippen LogP contribution is 2.37. The Morgan fingerprint density at radius 3 is 2.82 bits per heavy atom. The first kappa shape index (κ1) is 23.7. The van der Waals surface area contributed by atoms with E-state index in [4.69, 9.17) is 14.7 Å². The molecule has 34 heavy (non-hydrogen) atoms. The fourth-order valence-electron chi connectivity index (χ4n) is 4.41. The van der Waals surface area contributed by atoms with Gasteiger partial charge in [0.2, 0.25) is 0 Å². The third-order valence-electron chi connectivity index (χ3n) is 6.00. The fourth-order valence-corrected chi connectivity index (χ4v) is 4.41. The minimum atomic E-state index is -0.966. The average molecular weight is 459 g/mol. The van der Waals surface area contributed by atoms with Crippen molar-refractivity contribution in [2.75, 3.05) is 13.2 Å². The van der Waals surface area contributed by atoms with Crippen molar-refractivity contribution in [3.05, 3.63) is 107 Å². The number of hydroxylamine groups is 1. The van der Waals surface area contributed by atoms with Crippen LogP contribution in [-0.2, 0) is 22.5 Å². The molecule has 0 saturated heterocycles. The van der Waals surface area contributed by atoms with Gasteiger partial charge in [-0.25, -0.2) is 4.79 Å². The van der Waals surface area contributed by atoms with Gasteiger partial charge in [0.05, 0.1) is 12.6 Å². The Hall–Kier alpha value is -3.48. The van der Waals surface area contributed by atoms with Gasteiger partial charge in [-0.1, -0.05) is 60.7 Å². The van der Waals surface area contributed by atoms with Crippen LogP contribution in [0.25, 0.3) is 0 Å². The molecule has 0 radical (unpaired) electrons. The first-order valence-electron chi connectivity index (χ1n) is 11.6. The number of allylic oxidation sites excluding steroid dienone is 1. The SMILES string of the molecule is O=C(O)COc1cccc2c1CCCC2/C=C/CONC(Cc1cccnc1)c1ccccc1. The Balaban J connectivity index is 1.35. The number of hydrogen-bond acceptors (Lipinski definition) is 5. The van der Waals surface area contributed by atoms with Crippen molar-refractivity contribution in [2.24, 2.45) is 0 Å². The number of carboxylic acids is 1. The molecule has 0 aliphatic heterocycles. The van der Waals surface area contributed by atoms with E-state index in [2.05, 4.69) is 40.8 Å². The second-order valence-corrected chi connectivity index (χ2v) is 8.39. The van der Waals surface area contributed by atoms with Gasteiger partial charge in [-0.3, -0.25) is 9.82 Å². The van der Waals surface area contributed by atoms with Crippen molar-refractivity contribution in [1.82, 2.24) is 10.5 Å². The second kappa shape index (κ2) is 12.1. The van der Waals surface area contributed by atoms with Gasteiger partial charge in [0, 0.05) is 18.3 Å². The number of aromatic nitrogens is 1. The largest absolute Gasteiger partial charge is 0.482 e. The van der Waals surface area contributed by atoms with E-state index in [1.807, 2.05) is 48.7 Å². The normalized spacial score (nSPS) is 16.2. The average Bonchev–Trinajstić information content (AvgIpc) is 2.87. The molecule has 1 aromatic heterocycles. The van der Waals surface area contributed by atoms with Gasteiger partial charge in [0.25, 0.3) is 0 Å². The second-order valence-electron chi connectivity index (χ2n) is 8.39. The van der Waals surface area contributed by atoms with E-state index in [0.29, 0.717) is 12.4 Å². The van der Waals surface area contributed by atoms with E-state index in [9.17, 15) is 4.79 Å². The maximum absolute atomic E-state index is 10.9. The molecule has 2 N–H and O–H groups in total. The standard InChI is InChI=1S/C28H30N2O4/c31-28(32)20-33-27-15-5-13-24-22(11-4-14-25(24)27)12-7-17-34-30-26(23-9-2-1-3-10-23)18-21-8-6-16-29-19-21/h1-3,5-10,12-13,15-16,19,22,26,30H,4,11,14,17-18,20H2,(H,31,32)/b12-7+. The van der Waals surface area contributed by atoms with Crippen LogP contribution in [0.3, 0.4) is 0 Å². The van der Waals surface area contributed by atoms with Crippen LogP contribution in [0.2, 0.25) is 0 Å². The molecule has 176 valence electrons. The number of nitrogens with one attached hydrogen (secondary N) is 1. The number of fused-ring (bicyclic) bond motifs is 1. The number of carboxylic acid groups (broad SMARTS) is 1. The molecule has 4 rings (SSSR count). The molecule has 2 atom stereocenters. The summed E-state index contributed by atoms with van der Waals surface area (Å²) in [7, 11) is 0. The minimum absolute atomic E-state index is 0.0168. The summed E-state index contributed by atoms with van der Waals surface area (Å²) in [6.45, 7) is 0.121. The van der Waals surface area contributed by atoms with Gasteiger partial charge < -0.3 is 9.84 Å². The molecule has 0 amide bonds. The number of ether oxygens (including phenoxy) is 1. The predicted octanol–water partition coefficient (Wildman–Crippen LogP) is 5.03. The first-order valence-corrected chi connectivity index (χ1v) is 11.6. The molecule has 1 aliphatic carbocycles. The van der Waals surface area contributed by atoms with Crippen molar-refractivity contribution in [2.45, 2.75) is 37.6 Å². The highest BCUT2D eigenvalue weighted by atomic mass is 16.6. The van der Waals surface area contributed by atoms with E-state index < -0.39 is 5.97 Å². The fraction of sp³-hybridized carbons (Fsp3) is 0.286. The van der Waals surface area contributed by atoms with Crippen molar-refractivity contribution < 1.29 is 19.5 Å². The number of nitrogens with zero attached hydrogens (tertiary/aromatic N) is 1. The zero-order valence-electron chi connectivity index (χ0n) is 19.1. The Bertz CT molecular complexity index is 1090. The monoisotopic (exact) mass is 458 g/mol. The van der Waals surface area contributed by atoms with E-state index >= 15 is 0 Å². The lowest BCUT2D eigenvalue weighted by atomic mass is 9.82. The molecule has 0 fully saturated rings. The summed E-state index contributed by atoms with van der Waals surface area (Å²) < 4.78 is 5.51.